The summed E-state index contributed by atoms with van der Waals surface area (Å²) in [6.07, 6.45) is 2.45. The molecule has 2 N–H and O–H groups in total. The lowest BCUT2D eigenvalue weighted by atomic mass is 10.00. The number of halogens is 2. The van der Waals surface area contributed by atoms with E-state index in [1.54, 1.807) is 18.3 Å². The van der Waals surface area contributed by atoms with Gasteiger partial charge in [0.25, 0.3) is 0 Å². The Hall–Kier alpha value is -2.02. The van der Waals surface area contributed by atoms with E-state index in [1.165, 1.54) is 21.3 Å². The topological polar surface area (TPSA) is 83.7 Å². The van der Waals surface area contributed by atoms with Crippen molar-refractivity contribution >= 4 is 30.6 Å². The first-order valence-electron chi connectivity index (χ1n) is 7.57. The second-order valence-electron chi connectivity index (χ2n) is 5.33. The number of methoxy groups -OCH3 is 3. The van der Waals surface area contributed by atoms with Gasteiger partial charge in [-0.1, -0.05) is 6.07 Å². The lowest BCUT2D eigenvalue weighted by Crippen LogP contribution is -2.26. The molecule has 6 nitrogen and oxygen atoms in total. The molecule has 0 amide bonds. The minimum absolute atomic E-state index is 0. The molecule has 0 saturated carbocycles. The second-order valence-corrected chi connectivity index (χ2v) is 5.33. The summed E-state index contributed by atoms with van der Waals surface area (Å²) in [6.45, 7) is 0. The smallest absolute Gasteiger partial charge is 0.203 e. The van der Waals surface area contributed by atoms with Gasteiger partial charge in [0.15, 0.2) is 17.3 Å². The van der Waals surface area contributed by atoms with E-state index in [-0.39, 0.29) is 43.1 Å². The van der Waals surface area contributed by atoms with Crippen LogP contribution in [0.25, 0.3) is 0 Å². The van der Waals surface area contributed by atoms with Crippen LogP contribution < -0.4 is 19.9 Å². The van der Waals surface area contributed by atoms with Gasteiger partial charge in [-0.25, -0.2) is 0 Å². The summed E-state index contributed by atoms with van der Waals surface area (Å²) in [6, 6.07) is 8.59. The molecule has 0 saturated heterocycles. The average molecular weight is 403 g/mol. The van der Waals surface area contributed by atoms with Gasteiger partial charge in [-0.05, 0) is 24.3 Å². The van der Waals surface area contributed by atoms with Gasteiger partial charge in [-0.2, -0.15) is 0 Å². The highest BCUT2D eigenvalue weighted by Gasteiger charge is 2.19. The molecule has 2 rings (SSSR count). The molecule has 0 spiro atoms. The highest BCUT2D eigenvalue weighted by Crippen LogP contribution is 2.38. The molecular weight excluding hydrogens is 379 g/mol. The van der Waals surface area contributed by atoms with Crippen molar-refractivity contribution < 1.29 is 19.0 Å². The Kier molecular flexibility index (Phi) is 10.7. The Morgan fingerprint density at radius 1 is 1.08 bits per heavy atom. The first kappa shape index (κ1) is 24.0. The number of ketones is 1. The number of nitrogens with zero attached hydrogens (tertiary/aromatic N) is 1. The summed E-state index contributed by atoms with van der Waals surface area (Å²) in [4.78, 5) is 16.8. The molecule has 0 bridgehead atoms. The zero-order chi connectivity index (χ0) is 17.5. The van der Waals surface area contributed by atoms with E-state index in [0.717, 1.165) is 5.69 Å². The quantitative estimate of drug-likeness (QED) is 0.682. The van der Waals surface area contributed by atoms with Crippen LogP contribution in [-0.2, 0) is 6.42 Å². The summed E-state index contributed by atoms with van der Waals surface area (Å²) >= 11 is 0. The summed E-state index contributed by atoms with van der Waals surface area (Å²) in [7, 11) is 4.54. The molecule has 1 atom stereocenters. The van der Waals surface area contributed by atoms with Gasteiger partial charge in [0.1, 0.15) is 0 Å². The van der Waals surface area contributed by atoms with Gasteiger partial charge >= 0.3 is 0 Å². The van der Waals surface area contributed by atoms with E-state index in [4.69, 9.17) is 19.9 Å². The molecule has 1 heterocycles. The number of hydrogen-bond acceptors (Lipinski definition) is 6. The molecular formula is C18H24Cl2N2O4. The van der Waals surface area contributed by atoms with Crippen molar-refractivity contribution in [3.05, 3.63) is 47.8 Å². The lowest BCUT2D eigenvalue weighted by molar-refractivity contribution is 0.0973. The number of nitrogens with two attached hydrogens (primary N) is 1. The first-order chi connectivity index (χ1) is 11.6. The number of benzene rings is 1. The van der Waals surface area contributed by atoms with Crippen molar-refractivity contribution in [3.8, 4) is 17.2 Å². The summed E-state index contributed by atoms with van der Waals surface area (Å²) in [5.41, 5.74) is 7.43. The van der Waals surface area contributed by atoms with Gasteiger partial charge in [0.2, 0.25) is 5.75 Å². The Balaban J connectivity index is 0.00000312. The molecule has 1 aromatic carbocycles. The van der Waals surface area contributed by atoms with Crippen molar-refractivity contribution in [2.24, 2.45) is 5.73 Å². The molecule has 26 heavy (non-hydrogen) atoms. The van der Waals surface area contributed by atoms with E-state index in [0.29, 0.717) is 29.2 Å². The predicted molar refractivity (Wildman–Crippen MR) is 105 cm³/mol. The number of rotatable bonds is 8. The lowest BCUT2D eigenvalue weighted by Gasteiger charge is -2.15. The number of aromatic nitrogens is 1. The van der Waals surface area contributed by atoms with Crippen LogP contribution in [0.2, 0.25) is 0 Å². The van der Waals surface area contributed by atoms with Gasteiger partial charge < -0.3 is 19.9 Å². The fourth-order valence-corrected chi connectivity index (χ4v) is 2.46. The van der Waals surface area contributed by atoms with E-state index >= 15 is 0 Å². The number of hydrogen-bond donors (Lipinski definition) is 1. The largest absolute Gasteiger partial charge is 0.493 e. The van der Waals surface area contributed by atoms with Gasteiger partial charge in [-0.3, -0.25) is 9.78 Å². The number of carbonyl (C=O) groups excluding carboxylic acids is 1. The second kappa shape index (κ2) is 11.6. The minimum Gasteiger partial charge on any atom is -0.493 e. The fourth-order valence-electron chi connectivity index (χ4n) is 2.46. The maximum absolute atomic E-state index is 12.5. The Morgan fingerprint density at radius 2 is 1.69 bits per heavy atom. The highest BCUT2D eigenvalue weighted by atomic mass is 35.5. The molecule has 8 heteroatoms. The zero-order valence-electron chi connectivity index (χ0n) is 14.9. The predicted octanol–water partition coefficient (Wildman–Crippen LogP) is 3.09. The summed E-state index contributed by atoms with van der Waals surface area (Å²) < 4.78 is 15.8. The van der Waals surface area contributed by atoms with Gasteiger partial charge in [-0.15, -0.1) is 24.8 Å². The van der Waals surface area contributed by atoms with Crippen LogP contribution in [0, 0.1) is 0 Å². The van der Waals surface area contributed by atoms with Crippen LogP contribution in [0.3, 0.4) is 0 Å². The Bertz CT molecular complexity index is 674. The monoisotopic (exact) mass is 402 g/mol. The van der Waals surface area contributed by atoms with Crippen LogP contribution in [0.15, 0.2) is 36.5 Å². The van der Waals surface area contributed by atoms with Crippen LogP contribution in [0.5, 0.6) is 17.2 Å². The average Bonchev–Trinajstić information content (AvgIpc) is 2.60. The zero-order valence-corrected chi connectivity index (χ0v) is 16.6. The number of ether oxygens (including phenoxy) is 3. The van der Waals surface area contributed by atoms with Crippen molar-refractivity contribution in [3.63, 3.8) is 0 Å². The van der Waals surface area contributed by atoms with E-state index in [9.17, 15) is 4.79 Å². The third-order valence-electron chi connectivity index (χ3n) is 3.63. The van der Waals surface area contributed by atoms with Crippen LogP contribution in [0.4, 0.5) is 0 Å². The molecule has 0 radical (unpaired) electrons. The summed E-state index contributed by atoms with van der Waals surface area (Å²) in [5, 5.41) is 0. The Labute approximate surface area is 165 Å². The van der Waals surface area contributed by atoms with E-state index in [2.05, 4.69) is 4.98 Å². The Morgan fingerprint density at radius 3 is 2.15 bits per heavy atom. The van der Waals surface area contributed by atoms with Gasteiger partial charge in [0, 0.05) is 36.3 Å². The minimum atomic E-state index is -0.313. The normalized spacial score (nSPS) is 10.8. The van der Waals surface area contributed by atoms with E-state index in [1.807, 2.05) is 18.2 Å². The molecule has 0 aliphatic carbocycles. The van der Waals surface area contributed by atoms with Gasteiger partial charge in [0.05, 0.1) is 21.3 Å². The maximum atomic E-state index is 12.5. The van der Waals surface area contributed by atoms with Crippen molar-refractivity contribution in [1.29, 1.82) is 0 Å². The molecule has 1 aromatic heterocycles. The molecule has 1 unspecified atom stereocenters. The summed E-state index contributed by atoms with van der Waals surface area (Å²) in [5.74, 6) is 1.25. The molecule has 2 aromatic rings. The molecule has 0 aliphatic rings. The molecule has 144 valence electrons. The third kappa shape index (κ3) is 6.05. The third-order valence-corrected chi connectivity index (χ3v) is 3.63. The maximum Gasteiger partial charge on any atom is 0.203 e. The molecule has 0 fully saturated rings. The number of carbonyl (C=O) groups is 1. The van der Waals surface area contributed by atoms with Crippen molar-refractivity contribution in [1.82, 2.24) is 4.98 Å². The standard InChI is InChI=1S/C18H22N2O4.2ClH/c1-22-16-8-12(9-17(23-2)18(16)24-3)15(21)11-13(19)10-14-6-4-5-7-20-14;;/h4-9,13H,10-11,19H2,1-3H3;2*1H. The SMILES string of the molecule is COc1cc(C(=O)CC(N)Cc2ccccn2)cc(OC)c1OC.Cl.Cl. The molecule has 0 aliphatic heterocycles. The van der Waals surface area contributed by atoms with Crippen LogP contribution in [0.1, 0.15) is 22.5 Å². The number of Topliss-reactive ketones (excluding diaryl/α,β-unsaturated/α-hetero) is 1. The van der Waals surface area contributed by atoms with Crippen molar-refractivity contribution in [2.45, 2.75) is 18.9 Å². The van der Waals surface area contributed by atoms with Crippen LogP contribution >= 0.6 is 24.8 Å². The fraction of sp³-hybridized carbons (Fsp3) is 0.333. The highest BCUT2D eigenvalue weighted by molar-refractivity contribution is 5.97. The first-order valence-corrected chi connectivity index (χ1v) is 7.57. The number of pyridine rings is 1. The van der Waals surface area contributed by atoms with Crippen molar-refractivity contribution in [2.75, 3.05) is 21.3 Å². The van der Waals surface area contributed by atoms with E-state index < -0.39 is 0 Å². The van der Waals surface area contributed by atoms with Crippen LogP contribution in [-0.4, -0.2) is 38.1 Å².